The average Bonchev–Trinajstić information content (AvgIpc) is 2.65. The Morgan fingerprint density at radius 2 is 1.76 bits per heavy atom. The van der Waals surface area contributed by atoms with E-state index in [2.05, 4.69) is 44.8 Å². The van der Waals surface area contributed by atoms with Gasteiger partial charge >= 0.3 is 0 Å². The molecular formula is C12H21N5. The maximum absolute atomic E-state index is 6.20. The molecule has 2 heterocycles. The number of aryl methyl sites for hydroxylation is 1. The van der Waals surface area contributed by atoms with Gasteiger partial charge in [0, 0.05) is 18.4 Å². The number of hydrogen-bond donors (Lipinski definition) is 1. The van der Waals surface area contributed by atoms with Crippen LogP contribution in [0.15, 0.2) is 0 Å². The Labute approximate surface area is 102 Å². The van der Waals surface area contributed by atoms with E-state index in [1.165, 1.54) is 0 Å². The first-order valence-electron chi connectivity index (χ1n) is 5.95. The third-order valence-electron chi connectivity index (χ3n) is 2.90. The lowest BCUT2D eigenvalue weighted by atomic mass is 9.91. The molecule has 0 saturated heterocycles. The van der Waals surface area contributed by atoms with Gasteiger partial charge in [0.2, 0.25) is 0 Å². The summed E-state index contributed by atoms with van der Waals surface area (Å²) in [4.78, 5) is 0. The number of anilines is 1. The van der Waals surface area contributed by atoms with Crippen molar-refractivity contribution < 1.29 is 0 Å². The van der Waals surface area contributed by atoms with Crippen LogP contribution in [0.1, 0.15) is 52.1 Å². The summed E-state index contributed by atoms with van der Waals surface area (Å²) >= 11 is 0. The molecule has 17 heavy (non-hydrogen) atoms. The molecule has 0 atom stereocenters. The van der Waals surface area contributed by atoms with Crippen molar-refractivity contribution in [3.05, 3.63) is 11.5 Å². The fourth-order valence-corrected chi connectivity index (χ4v) is 2.05. The molecule has 0 saturated carbocycles. The van der Waals surface area contributed by atoms with Gasteiger partial charge < -0.3 is 5.73 Å². The second-order valence-electron chi connectivity index (χ2n) is 5.88. The fourth-order valence-electron chi connectivity index (χ4n) is 2.05. The summed E-state index contributed by atoms with van der Waals surface area (Å²) in [6, 6.07) is 0. The Kier molecular flexibility index (Phi) is 2.45. The van der Waals surface area contributed by atoms with Gasteiger partial charge in [0.15, 0.2) is 11.5 Å². The first kappa shape index (κ1) is 12.0. The van der Waals surface area contributed by atoms with Crippen molar-refractivity contribution in [2.75, 3.05) is 5.73 Å². The van der Waals surface area contributed by atoms with Gasteiger partial charge in [-0.2, -0.15) is 14.7 Å². The Bertz CT molecular complexity index is 553. The standard InChI is InChI=1S/C12H21N5/c1-7(2)10-15-16(6)11-8(13)9(12(3,4)5)14-17(10)11/h7H,13H2,1-6H3. The topological polar surface area (TPSA) is 61.1 Å². The minimum atomic E-state index is -0.0512. The van der Waals surface area contributed by atoms with Gasteiger partial charge in [-0.25, -0.2) is 4.68 Å². The minimum Gasteiger partial charge on any atom is -0.394 e. The average molecular weight is 235 g/mol. The third-order valence-corrected chi connectivity index (χ3v) is 2.90. The number of nitrogens with zero attached hydrogens (tertiary/aromatic N) is 4. The molecule has 2 N–H and O–H groups in total. The lowest BCUT2D eigenvalue weighted by Gasteiger charge is -2.15. The number of rotatable bonds is 1. The van der Waals surface area contributed by atoms with Gasteiger partial charge in [-0.1, -0.05) is 34.6 Å². The van der Waals surface area contributed by atoms with Crippen LogP contribution in [0.25, 0.3) is 5.65 Å². The van der Waals surface area contributed by atoms with Crippen LogP contribution in [0.2, 0.25) is 0 Å². The summed E-state index contributed by atoms with van der Waals surface area (Å²) in [5, 5.41) is 9.10. The number of fused-ring (bicyclic) bond motifs is 1. The summed E-state index contributed by atoms with van der Waals surface area (Å²) in [5.41, 5.74) is 8.70. The Balaban J connectivity index is 2.79. The van der Waals surface area contributed by atoms with Crippen LogP contribution < -0.4 is 5.73 Å². The summed E-state index contributed by atoms with van der Waals surface area (Å²) in [6.45, 7) is 10.6. The van der Waals surface area contributed by atoms with Gasteiger partial charge in [0.05, 0.1) is 5.69 Å². The Hall–Kier alpha value is -1.52. The second-order valence-corrected chi connectivity index (χ2v) is 5.88. The maximum atomic E-state index is 6.20. The van der Waals surface area contributed by atoms with Gasteiger partial charge in [-0.3, -0.25) is 0 Å². The van der Waals surface area contributed by atoms with Crippen LogP contribution in [0, 0.1) is 0 Å². The molecule has 0 aliphatic heterocycles. The molecule has 0 unspecified atom stereocenters. The third kappa shape index (κ3) is 1.69. The summed E-state index contributed by atoms with van der Waals surface area (Å²) in [6.07, 6.45) is 0. The van der Waals surface area contributed by atoms with E-state index < -0.39 is 0 Å². The predicted molar refractivity (Wildman–Crippen MR) is 69.2 cm³/mol. The van der Waals surface area contributed by atoms with Crippen LogP contribution in [0.4, 0.5) is 5.69 Å². The molecule has 5 nitrogen and oxygen atoms in total. The van der Waals surface area contributed by atoms with E-state index in [4.69, 9.17) is 5.73 Å². The van der Waals surface area contributed by atoms with Gasteiger partial charge in [0.25, 0.3) is 0 Å². The van der Waals surface area contributed by atoms with Crippen LogP contribution >= 0.6 is 0 Å². The smallest absolute Gasteiger partial charge is 0.177 e. The van der Waals surface area contributed by atoms with E-state index >= 15 is 0 Å². The van der Waals surface area contributed by atoms with E-state index in [-0.39, 0.29) is 5.41 Å². The minimum absolute atomic E-state index is 0.0512. The molecule has 0 bridgehead atoms. The van der Waals surface area contributed by atoms with E-state index in [0.29, 0.717) is 5.92 Å². The van der Waals surface area contributed by atoms with E-state index in [1.807, 2.05) is 16.2 Å². The summed E-state index contributed by atoms with van der Waals surface area (Å²) in [7, 11) is 1.91. The Morgan fingerprint density at radius 3 is 2.24 bits per heavy atom. The molecule has 5 heteroatoms. The van der Waals surface area contributed by atoms with Crippen LogP contribution in [0.5, 0.6) is 0 Å². The highest BCUT2D eigenvalue weighted by molar-refractivity contribution is 5.69. The highest BCUT2D eigenvalue weighted by Gasteiger charge is 2.26. The molecule has 2 rings (SSSR count). The van der Waals surface area contributed by atoms with Gasteiger partial charge in [0.1, 0.15) is 5.69 Å². The summed E-state index contributed by atoms with van der Waals surface area (Å²) in [5.74, 6) is 1.27. The maximum Gasteiger partial charge on any atom is 0.177 e. The van der Waals surface area contributed by atoms with Crippen molar-refractivity contribution in [1.82, 2.24) is 19.4 Å². The van der Waals surface area contributed by atoms with E-state index in [0.717, 1.165) is 22.9 Å². The zero-order valence-corrected chi connectivity index (χ0v) is 11.4. The Morgan fingerprint density at radius 1 is 1.18 bits per heavy atom. The lowest BCUT2D eigenvalue weighted by Crippen LogP contribution is -2.15. The van der Waals surface area contributed by atoms with Crippen LogP contribution in [0.3, 0.4) is 0 Å². The molecule has 0 fully saturated rings. The molecule has 0 aliphatic carbocycles. The van der Waals surface area contributed by atoms with Gasteiger partial charge in [-0.05, 0) is 0 Å². The van der Waals surface area contributed by atoms with Crippen LogP contribution in [-0.4, -0.2) is 19.4 Å². The first-order chi connectivity index (χ1) is 7.73. The van der Waals surface area contributed by atoms with Gasteiger partial charge in [-0.15, -0.1) is 0 Å². The zero-order valence-electron chi connectivity index (χ0n) is 11.4. The molecule has 2 aromatic rings. The number of aromatic nitrogens is 4. The summed E-state index contributed by atoms with van der Waals surface area (Å²) < 4.78 is 3.69. The highest BCUT2D eigenvalue weighted by Crippen LogP contribution is 2.30. The van der Waals surface area contributed by atoms with Crippen molar-refractivity contribution in [1.29, 1.82) is 0 Å². The number of hydrogen-bond acceptors (Lipinski definition) is 3. The zero-order chi connectivity index (χ0) is 13.0. The molecule has 94 valence electrons. The lowest BCUT2D eigenvalue weighted by molar-refractivity contribution is 0.559. The second kappa shape index (κ2) is 3.48. The first-order valence-corrected chi connectivity index (χ1v) is 5.95. The quantitative estimate of drug-likeness (QED) is 0.823. The largest absolute Gasteiger partial charge is 0.394 e. The molecule has 0 amide bonds. The fraction of sp³-hybridized carbons (Fsp3) is 0.667. The van der Waals surface area contributed by atoms with Crippen LogP contribution in [-0.2, 0) is 12.5 Å². The number of nitrogens with two attached hydrogens (primary N) is 1. The van der Waals surface area contributed by atoms with E-state index in [1.54, 1.807) is 0 Å². The molecule has 0 radical (unpaired) electrons. The molecule has 0 aromatic carbocycles. The highest BCUT2D eigenvalue weighted by atomic mass is 15.4. The molecule has 0 aliphatic rings. The van der Waals surface area contributed by atoms with Crippen molar-refractivity contribution in [3.63, 3.8) is 0 Å². The number of nitrogen functional groups attached to an aromatic ring is 1. The molecular weight excluding hydrogens is 214 g/mol. The van der Waals surface area contributed by atoms with E-state index in [9.17, 15) is 0 Å². The van der Waals surface area contributed by atoms with Crippen molar-refractivity contribution >= 4 is 11.3 Å². The normalized spacial score (nSPS) is 12.9. The molecule has 0 spiro atoms. The van der Waals surface area contributed by atoms with Crippen molar-refractivity contribution in [2.45, 2.75) is 46.0 Å². The van der Waals surface area contributed by atoms with Crippen molar-refractivity contribution in [2.24, 2.45) is 7.05 Å². The predicted octanol–water partition coefficient (Wildman–Crippen LogP) is 2.07. The van der Waals surface area contributed by atoms with Crippen molar-refractivity contribution in [3.8, 4) is 0 Å². The monoisotopic (exact) mass is 235 g/mol. The SMILES string of the molecule is CC(C)c1nn(C)c2c(N)c(C(C)(C)C)nn12. The molecule has 2 aromatic heterocycles.